The second-order valence-corrected chi connectivity index (χ2v) is 8.63. The number of rotatable bonds is 3. The van der Waals surface area contributed by atoms with Crippen LogP contribution in [0.3, 0.4) is 0 Å². The van der Waals surface area contributed by atoms with Gasteiger partial charge in [-0.1, -0.05) is 92.7 Å². The van der Waals surface area contributed by atoms with Gasteiger partial charge in [0.05, 0.1) is 0 Å². The molecule has 0 saturated heterocycles. The Balaban J connectivity index is 1.90. The summed E-state index contributed by atoms with van der Waals surface area (Å²) in [5, 5.41) is 2.74. The van der Waals surface area contributed by atoms with Gasteiger partial charge in [-0.2, -0.15) is 0 Å². The average Bonchev–Trinajstić information content (AvgIpc) is 3.13. The average molecular weight is 379 g/mol. The van der Waals surface area contributed by atoms with Crippen LogP contribution in [0, 0.1) is 0 Å². The van der Waals surface area contributed by atoms with Crippen LogP contribution in [0.25, 0.3) is 42.4 Å². The van der Waals surface area contributed by atoms with Gasteiger partial charge in [0.25, 0.3) is 0 Å². The van der Waals surface area contributed by atoms with Gasteiger partial charge < -0.3 is 0 Å². The van der Waals surface area contributed by atoms with Crippen LogP contribution in [0.1, 0.15) is 25.3 Å². The lowest BCUT2D eigenvalue weighted by Crippen LogP contribution is -1.86. The highest BCUT2D eigenvalue weighted by Gasteiger charge is 2.16. The minimum atomic E-state index is 0.519. The summed E-state index contributed by atoms with van der Waals surface area (Å²) >= 11 is 1.94. The highest BCUT2D eigenvalue weighted by molar-refractivity contribution is 7.26. The molecule has 0 atom stereocenters. The fraction of sp³-hybridized carbons (Fsp3) is 0.111. The van der Waals surface area contributed by atoms with Crippen LogP contribution in [-0.2, 0) is 0 Å². The highest BCUT2D eigenvalue weighted by Crippen LogP contribution is 2.44. The first-order valence-electron chi connectivity index (χ1n) is 9.82. The van der Waals surface area contributed by atoms with E-state index in [0.717, 1.165) is 0 Å². The van der Waals surface area contributed by atoms with Crippen molar-refractivity contribution < 1.29 is 0 Å². The van der Waals surface area contributed by atoms with E-state index in [2.05, 4.69) is 105 Å². The molecule has 0 aliphatic rings. The smallest absolute Gasteiger partial charge is 0.0434 e. The molecule has 0 aliphatic carbocycles. The summed E-state index contributed by atoms with van der Waals surface area (Å²) < 4.78 is 2.81. The van der Waals surface area contributed by atoms with Gasteiger partial charge in [-0.25, -0.2) is 0 Å². The molecule has 136 valence electrons. The van der Waals surface area contributed by atoms with E-state index in [4.69, 9.17) is 0 Å². The summed E-state index contributed by atoms with van der Waals surface area (Å²) in [6, 6.07) is 33.0. The van der Waals surface area contributed by atoms with Crippen LogP contribution in [0.4, 0.5) is 0 Å². The van der Waals surface area contributed by atoms with Crippen molar-refractivity contribution in [1.82, 2.24) is 0 Å². The Kier molecular flexibility index (Phi) is 4.26. The number of hydrogen-bond donors (Lipinski definition) is 0. The van der Waals surface area contributed by atoms with Crippen LogP contribution in [0.15, 0.2) is 91.0 Å². The van der Waals surface area contributed by atoms with Gasteiger partial charge in [0.2, 0.25) is 0 Å². The van der Waals surface area contributed by atoms with Crippen molar-refractivity contribution in [3.05, 3.63) is 96.6 Å². The molecule has 1 heteroatoms. The van der Waals surface area contributed by atoms with E-state index in [1.807, 2.05) is 11.3 Å². The standard InChI is InChI=1S/C27H22S/c1-18(2)22-14-9-15-23-25-17-21(19-10-5-3-6-11-19)16-24(27(25)28-26(22)23)20-12-7-4-8-13-20/h3-18H,1-2H3. The Hall–Kier alpha value is -2.90. The summed E-state index contributed by atoms with van der Waals surface area (Å²) in [6.07, 6.45) is 0. The summed E-state index contributed by atoms with van der Waals surface area (Å²) in [7, 11) is 0. The Labute approximate surface area is 170 Å². The fourth-order valence-electron chi connectivity index (χ4n) is 4.01. The molecule has 0 N–H and O–H groups in total. The van der Waals surface area contributed by atoms with Crippen LogP contribution in [0.2, 0.25) is 0 Å². The first-order chi connectivity index (χ1) is 13.7. The Morgan fingerprint density at radius 2 is 1.25 bits per heavy atom. The molecule has 0 fully saturated rings. The molecule has 28 heavy (non-hydrogen) atoms. The molecule has 0 bridgehead atoms. The van der Waals surface area contributed by atoms with Gasteiger partial charge in [0, 0.05) is 25.7 Å². The molecule has 0 saturated carbocycles. The third-order valence-electron chi connectivity index (χ3n) is 5.44. The van der Waals surface area contributed by atoms with Crippen LogP contribution in [0.5, 0.6) is 0 Å². The number of hydrogen-bond acceptors (Lipinski definition) is 1. The lowest BCUT2D eigenvalue weighted by atomic mass is 9.95. The molecule has 1 heterocycles. The van der Waals surface area contributed by atoms with Crippen molar-refractivity contribution in [3.8, 4) is 22.3 Å². The van der Waals surface area contributed by atoms with Crippen LogP contribution < -0.4 is 0 Å². The zero-order chi connectivity index (χ0) is 19.1. The SMILES string of the molecule is CC(C)c1cccc2c1sc1c(-c3ccccc3)cc(-c3ccccc3)cc12. The summed E-state index contributed by atoms with van der Waals surface area (Å²) in [5.74, 6) is 0.519. The molecule has 1 aromatic heterocycles. The van der Waals surface area contributed by atoms with Crippen molar-refractivity contribution in [1.29, 1.82) is 0 Å². The first-order valence-corrected chi connectivity index (χ1v) is 10.6. The predicted octanol–water partition coefficient (Wildman–Crippen LogP) is 8.51. The van der Waals surface area contributed by atoms with Crippen molar-refractivity contribution in [2.75, 3.05) is 0 Å². The van der Waals surface area contributed by atoms with E-state index in [1.54, 1.807) is 0 Å². The molecule has 5 rings (SSSR count). The van der Waals surface area contributed by atoms with E-state index in [-0.39, 0.29) is 0 Å². The van der Waals surface area contributed by atoms with Crippen molar-refractivity contribution in [2.45, 2.75) is 19.8 Å². The molecule has 5 aromatic rings. The molecule has 4 aromatic carbocycles. The van der Waals surface area contributed by atoms with Gasteiger partial charge in [-0.05, 0) is 40.3 Å². The molecular weight excluding hydrogens is 356 g/mol. The zero-order valence-corrected chi connectivity index (χ0v) is 17.0. The monoisotopic (exact) mass is 378 g/mol. The van der Waals surface area contributed by atoms with E-state index in [1.165, 1.54) is 48.0 Å². The first kappa shape index (κ1) is 17.2. The van der Waals surface area contributed by atoms with Gasteiger partial charge in [0.15, 0.2) is 0 Å². The molecule has 0 aliphatic heterocycles. The van der Waals surface area contributed by atoms with Gasteiger partial charge in [-0.15, -0.1) is 11.3 Å². The topological polar surface area (TPSA) is 0 Å². The van der Waals surface area contributed by atoms with Crippen LogP contribution in [-0.4, -0.2) is 0 Å². The Morgan fingerprint density at radius 3 is 1.93 bits per heavy atom. The second-order valence-electron chi connectivity index (χ2n) is 7.61. The quantitative estimate of drug-likeness (QED) is 0.295. The number of fused-ring (bicyclic) bond motifs is 3. The summed E-state index contributed by atoms with van der Waals surface area (Å²) in [6.45, 7) is 4.57. The molecular formula is C27H22S. The zero-order valence-electron chi connectivity index (χ0n) is 16.1. The maximum atomic E-state index is 2.38. The Bertz CT molecular complexity index is 1260. The van der Waals surface area contributed by atoms with Crippen molar-refractivity contribution >= 4 is 31.5 Å². The van der Waals surface area contributed by atoms with Gasteiger partial charge in [-0.3, -0.25) is 0 Å². The third kappa shape index (κ3) is 2.83. The number of thiophene rings is 1. The van der Waals surface area contributed by atoms with Gasteiger partial charge >= 0.3 is 0 Å². The third-order valence-corrected chi connectivity index (χ3v) is 6.75. The van der Waals surface area contributed by atoms with Gasteiger partial charge in [0.1, 0.15) is 0 Å². The normalized spacial score (nSPS) is 11.5. The number of benzene rings is 4. The minimum absolute atomic E-state index is 0.519. The predicted molar refractivity (Wildman–Crippen MR) is 124 cm³/mol. The molecule has 0 unspecified atom stereocenters. The molecule has 0 radical (unpaired) electrons. The van der Waals surface area contributed by atoms with E-state index in [9.17, 15) is 0 Å². The maximum Gasteiger partial charge on any atom is 0.0434 e. The highest BCUT2D eigenvalue weighted by atomic mass is 32.1. The molecule has 0 spiro atoms. The summed E-state index contributed by atoms with van der Waals surface area (Å²) in [5.41, 5.74) is 6.59. The largest absolute Gasteiger partial charge is 0.134 e. The van der Waals surface area contributed by atoms with Crippen LogP contribution >= 0.6 is 11.3 Å². The lowest BCUT2D eigenvalue weighted by molar-refractivity contribution is 0.878. The minimum Gasteiger partial charge on any atom is -0.134 e. The van der Waals surface area contributed by atoms with Crippen molar-refractivity contribution in [2.24, 2.45) is 0 Å². The second kappa shape index (κ2) is 6.92. The summed E-state index contributed by atoms with van der Waals surface area (Å²) in [4.78, 5) is 0. The Morgan fingerprint density at radius 1 is 0.571 bits per heavy atom. The lowest BCUT2D eigenvalue weighted by Gasteiger charge is -2.09. The van der Waals surface area contributed by atoms with E-state index >= 15 is 0 Å². The van der Waals surface area contributed by atoms with Crippen molar-refractivity contribution in [3.63, 3.8) is 0 Å². The fourth-order valence-corrected chi connectivity index (χ4v) is 5.49. The molecule has 0 nitrogen and oxygen atoms in total. The molecule has 0 amide bonds. The maximum absolute atomic E-state index is 2.38. The van der Waals surface area contributed by atoms with E-state index < -0.39 is 0 Å². The van der Waals surface area contributed by atoms with E-state index in [0.29, 0.717) is 5.92 Å².